The van der Waals surface area contributed by atoms with Gasteiger partial charge < -0.3 is 9.47 Å². The lowest BCUT2D eigenvalue weighted by molar-refractivity contribution is -0.190. The number of hydrogen-bond acceptors (Lipinski definition) is 3. The fraction of sp³-hybridized carbons (Fsp3) is 0.667. The molecule has 1 saturated heterocycles. The van der Waals surface area contributed by atoms with Crippen LogP contribution in [0.3, 0.4) is 0 Å². The van der Waals surface area contributed by atoms with E-state index < -0.39 is 11.2 Å². The second-order valence-electron chi connectivity index (χ2n) is 6.17. The monoisotopic (exact) mass is 250 g/mol. The van der Waals surface area contributed by atoms with Crippen LogP contribution >= 0.6 is 0 Å². The van der Waals surface area contributed by atoms with Crippen molar-refractivity contribution >= 4 is 5.78 Å². The maximum absolute atomic E-state index is 12.2. The molecular formula is C15H22O3. The van der Waals surface area contributed by atoms with Crippen molar-refractivity contribution in [3.05, 3.63) is 24.8 Å². The number of ether oxygens (including phenoxy) is 2. The third-order valence-electron chi connectivity index (χ3n) is 3.96. The van der Waals surface area contributed by atoms with E-state index in [4.69, 9.17) is 9.47 Å². The minimum absolute atomic E-state index is 0.0138. The summed E-state index contributed by atoms with van der Waals surface area (Å²) in [6.07, 6.45) is 6.71. The van der Waals surface area contributed by atoms with Crippen LogP contribution in [0.1, 0.15) is 40.5 Å². The van der Waals surface area contributed by atoms with Gasteiger partial charge in [0.25, 0.3) is 0 Å². The number of rotatable bonds is 2. The largest absolute Gasteiger partial charge is 0.364 e. The zero-order valence-electron chi connectivity index (χ0n) is 11.7. The van der Waals surface area contributed by atoms with Gasteiger partial charge in [0, 0.05) is 0 Å². The molecule has 0 aromatic rings. The van der Waals surface area contributed by atoms with Gasteiger partial charge in [0.1, 0.15) is 0 Å². The maximum atomic E-state index is 12.2. The summed E-state index contributed by atoms with van der Waals surface area (Å²) >= 11 is 0. The highest BCUT2D eigenvalue weighted by Gasteiger charge is 2.52. The first-order chi connectivity index (χ1) is 8.21. The Labute approximate surface area is 109 Å². The molecular weight excluding hydrogens is 228 g/mol. The van der Waals surface area contributed by atoms with Crippen LogP contribution in [-0.4, -0.2) is 28.7 Å². The minimum atomic E-state index is -0.890. The SMILES string of the molecule is C=C[C@@]1(C)CC[C@@H]([C@]2(C)OC(C)(C)C=CC2=O)O1. The Morgan fingerprint density at radius 1 is 1.39 bits per heavy atom. The molecule has 0 aromatic carbocycles. The van der Waals surface area contributed by atoms with Gasteiger partial charge in [0.05, 0.1) is 17.3 Å². The van der Waals surface area contributed by atoms with Crippen LogP contribution in [0.15, 0.2) is 24.8 Å². The number of ketones is 1. The Bertz CT molecular complexity index is 410. The van der Waals surface area contributed by atoms with Crippen LogP contribution in [0.2, 0.25) is 0 Å². The summed E-state index contributed by atoms with van der Waals surface area (Å²) in [5.74, 6) is -0.0138. The molecule has 100 valence electrons. The molecule has 2 aliphatic heterocycles. The van der Waals surface area contributed by atoms with Gasteiger partial charge in [0.15, 0.2) is 11.4 Å². The third-order valence-corrected chi connectivity index (χ3v) is 3.96. The van der Waals surface area contributed by atoms with Gasteiger partial charge in [-0.15, -0.1) is 6.58 Å². The Hall–Kier alpha value is -0.930. The zero-order valence-corrected chi connectivity index (χ0v) is 11.7. The summed E-state index contributed by atoms with van der Waals surface area (Å²) in [5.41, 5.74) is -1.67. The molecule has 0 aromatic heterocycles. The van der Waals surface area contributed by atoms with Crippen LogP contribution in [0.5, 0.6) is 0 Å². The van der Waals surface area contributed by atoms with Gasteiger partial charge in [-0.3, -0.25) is 4.79 Å². The van der Waals surface area contributed by atoms with E-state index in [1.165, 1.54) is 0 Å². The number of hydrogen-bond donors (Lipinski definition) is 0. The van der Waals surface area contributed by atoms with E-state index in [0.29, 0.717) is 0 Å². The predicted octanol–water partition coefficient (Wildman–Crippen LogP) is 2.80. The van der Waals surface area contributed by atoms with Crippen LogP contribution in [0.4, 0.5) is 0 Å². The van der Waals surface area contributed by atoms with E-state index in [2.05, 4.69) is 6.58 Å². The van der Waals surface area contributed by atoms with Crippen LogP contribution in [-0.2, 0) is 14.3 Å². The molecule has 0 amide bonds. The van der Waals surface area contributed by atoms with Crippen molar-refractivity contribution in [1.82, 2.24) is 0 Å². The van der Waals surface area contributed by atoms with Gasteiger partial charge in [-0.2, -0.15) is 0 Å². The Balaban J connectivity index is 2.25. The second kappa shape index (κ2) is 4.04. The van der Waals surface area contributed by atoms with Crippen LogP contribution in [0, 0.1) is 0 Å². The molecule has 0 spiro atoms. The van der Waals surface area contributed by atoms with Gasteiger partial charge in [-0.25, -0.2) is 0 Å². The van der Waals surface area contributed by atoms with Gasteiger partial charge in [-0.1, -0.05) is 6.08 Å². The topological polar surface area (TPSA) is 35.5 Å². The van der Waals surface area contributed by atoms with Crippen molar-refractivity contribution in [2.75, 3.05) is 0 Å². The standard InChI is InChI=1S/C15H22O3/c1-6-14(4)10-8-12(17-14)15(5)11(16)7-9-13(2,3)18-15/h6-7,9,12H,1,8,10H2,2-5H3/t12-,14-,15+/m0/s1. The molecule has 0 radical (unpaired) electrons. The quantitative estimate of drug-likeness (QED) is 0.707. The zero-order chi connectivity index (χ0) is 13.6. The van der Waals surface area contributed by atoms with E-state index in [1.807, 2.05) is 33.8 Å². The first-order valence-corrected chi connectivity index (χ1v) is 6.46. The summed E-state index contributed by atoms with van der Waals surface area (Å²) < 4.78 is 12.0. The van der Waals surface area contributed by atoms with Crippen molar-refractivity contribution in [3.8, 4) is 0 Å². The summed E-state index contributed by atoms with van der Waals surface area (Å²) in [7, 11) is 0. The molecule has 2 aliphatic rings. The normalized spacial score (nSPS) is 43.1. The highest BCUT2D eigenvalue weighted by atomic mass is 16.6. The summed E-state index contributed by atoms with van der Waals surface area (Å²) in [6.45, 7) is 11.5. The van der Waals surface area contributed by atoms with Crippen LogP contribution < -0.4 is 0 Å². The molecule has 0 saturated carbocycles. The Morgan fingerprint density at radius 2 is 2.06 bits per heavy atom. The van der Waals surface area contributed by atoms with Crippen molar-refractivity contribution in [1.29, 1.82) is 0 Å². The van der Waals surface area contributed by atoms with Gasteiger partial charge in [-0.05, 0) is 52.7 Å². The average Bonchev–Trinajstić information content (AvgIpc) is 2.68. The molecule has 18 heavy (non-hydrogen) atoms. The molecule has 3 nitrogen and oxygen atoms in total. The van der Waals surface area contributed by atoms with E-state index in [9.17, 15) is 4.79 Å². The summed E-state index contributed by atoms with van der Waals surface area (Å²) in [5, 5.41) is 0. The molecule has 3 atom stereocenters. The molecule has 1 fully saturated rings. The molecule has 0 aliphatic carbocycles. The first kappa shape index (κ1) is 13.5. The van der Waals surface area contributed by atoms with E-state index in [0.717, 1.165) is 12.8 Å². The highest BCUT2D eigenvalue weighted by Crippen LogP contribution is 2.41. The Morgan fingerprint density at radius 3 is 2.61 bits per heavy atom. The molecule has 0 unspecified atom stereocenters. The smallest absolute Gasteiger partial charge is 0.189 e. The second-order valence-corrected chi connectivity index (χ2v) is 6.17. The lowest BCUT2D eigenvalue weighted by Gasteiger charge is -2.42. The van der Waals surface area contributed by atoms with Crippen molar-refractivity contribution in [2.45, 2.75) is 63.4 Å². The van der Waals surface area contributed by atoms with Crippen molar-refractivity contribution < 1.29 is 14.3 Å². The van der Waals surface area contributed by atoms with E-state index in [-0.39, 0.29) is 17.5 Å². The van der Waals surface area contributed by atoms with Crippen molar-refractivity contribution in [2.24, 2.45) is 0 Å². The molecule has 2 heterocycles. The lowest BCUT2D eigenvalue weighted by Crippen LogP contribution is -2.55. The number of carbonyl (C=O) groups excluding carboxylic acids is 1. The lowest BCUT2D eigenvalue weighted by atomic mass is 9.86. The highest BCUT2D eigenvalue weighted by molar-refractivity contribution is 5.98. The summed E-state index contributed by atoms with van der Waals surface area (Å²) in [4.78, 5) is 12.2. The predicted molar refractivity (Wildman–Crippen MR) is 70.4 cm³/mol. The molecule has 3 heteroatoms. The molecule has 0 bridgehead atoms. The molecule has 0 N–H and O–H groups in total. The van der Waals surface area contributed by atoms with Gasteiger partial charge >= 0.3 is 0 Å². The average molecular weight is 250 g/mol. The third kappa shape index (κ3) is 2.17. The fourth-order valence-electron chi connectivity index (χ4n) is 2.70. The summed E-state index contributed by atoms with van der Waals surface area (Å²) in [6, 6.07) is 0. The first-order valence-electron chi connectivity index (χ1n) is 6.46. The fourth-order valence-corrected chi connectivity index (χ4v) is 2.70. The number of carbonyl (C=O) groups is 1. The minimum Gasteiger partial charge on any atom is -0.364 e. The van der Waals surface area contributed by atoms with Gasteiger partial charge in [0.2, 0.25) is 0 Å². The van der Waals surface area contributed by atoms with Crippen molar-refractivity contribution in [3.63, 3.8) is 0 Å². The van der Waals surface area contributed by atoms with E-state index in [1.54, 1.807) is 12.2 Å². The molecule has 2 rings (SSSR count). The van der Waals surface area contributed by atoms with E-state index >= 15 is 0 Å². The maximum Gasteiger partial charge on any atom is 0.189 e. The van der Waals surface area contributed by atoms with Crippen LogP contribution in [0.25, 0.3) is 0 Å². The Kier molecular flexibility index (Phi) is 3.03.